The molecule has 4 rings (SSSR count). The third-order valence-corrected chi connectivity index (χ3v) is 5.10. The average molecular weight is 342 g/mol. The number of carbonyl (C=O) groups is 1. The van der Waals surface area contributed by atoms with Crippen molar-refractivity contribution in [2.24, 2.45) is 5.92 Å². The van der Waals surface area contributed by atoms with Crippen LogP contribution < -0.4 is 15.4 Å². The van der Waals surface area contributed by atoms with Crippen molar-refractivity contribution in [3.05, 3.63) is 24.5 Å². The maximum absolute atomic E-state index is 12.5. The molecule has 1 aromatic heterocycles. The number of tetrazole rings is 1. The Morgan fingerprint density at radius 3 is 2.84 bits per heavy atom. The fourth-order valence-corrected chi connectivity index (χ4v) is 4.03. The summed E-state index contributed by atoms with van der Waals surface area (Å²) in [6.45, 7) is 0. The summed E-state index contributed by atoms with van der Waals surface area (Å²) in [5.41, 5.74) is 1.40. The van der Waals surface area contributed by atoms with Crippen LogP contribution in [0.1, 0.15) is 32.1 Å². The van der Waals surface area contributed by atoms with Gasteiger partial charge in [-0.25, -0.2) is 0 Å². The van der Waals surface area contributed by atoms with Gasteiger partial charge in [-0.1, -0.05) is 0 Å². The summed E-state index contributed by atoms with van der Waals surface area (Å²) in [6, 6.07) is 6.65. The van der Waals surface area contributed by atoms with E-state index < -0.39 is 0 Å². The maximum atomic E-state index is 12.5. The van der Waals surface area contributed by atoms with E-state index in [-0.39, 0.29) is 5.91 Å². The molecule has 1 aromatic carbocycles. The van der Waals surface area contributed by atoms with Gasteiger partial charge in [0.05, 0.1) is 7.11 Å². The van der Waals surface area contributed by atoms with E-state index in [1.165, 1.54) is 23.9 Å². The first-order chi connectivity index (χ1) is 12.2. The van der Waals surface area contributed by atoms with Gasteiger partial charge in [0.15, 0.2) is 0 Å². The summed E-state index contributed by atoms with van der Waals surface area (Å²) >= 11 is 0. The summed E-state index contributed by atoms with van der Waals surface area (Å²) in [7, 11) is 1.59. The van der Waals surface area contributed by atoms with Crippen LogP contribution >= 0.6 is 0 Å². The maximum Gasteiger partial charge on any atom is 0.224 e. The molecule has 2 saturated heterocycles. The zero-order valence-electron chi connectivity index (χ0n) is 14.2. The van der Waals surface area contributed by atoms with Crippen LogP contribution in [0.15, 0.2) is 24.5 Å². The largest absolute Gasteiger partial charge is 0.494 e. The molecule has 2 aliphatic heterocycles. The molecule has 2 fully saturated rings. The second-order valence-corrected chi connectivity index (χ2v) is 6.87. The minimum absolute atomic E-state index is 0.0548. The standard InChI is InChI=1S/C17H22N6O2/c1-25-16-5-4-14(9-15(16)23-10-18-21-22-23)20-17(24)8-11-6-12-2-3-13(7-11)19-12/h4-5,9-13,19H,2-3,6-8H2,1H3,(H,20,24). The van der Waals surface area contributed by atoms with Gasteiger partial charge in [-0.15, -0.1) is 5.10 Å². The van der Waals surface area contributed by atoms with Gasteiger partial charge in [0, 0.05) is 24.2 Å². The molecular weight excluding hydrogens is 320 g/mol. The van der Waals surface area contributed by atoms with E-state index in [4.69, 9.17) is 4.74 Å². The first-order valence-electron chi connectivity index (χ1n) is 8.68. The van der Waals surface area contributed by atoms with Gasteiger partial charge < -0.3 is 15.4 Å². The van der Waals surface area contributed by atoms with Crippen molar-refractivity contribution in [1.29, 1.82) is 0 Å². The van der Waals surface area contributed by atoms with Crippen molar-refractivity contribution < 1.29 is 9.53 Å². The van der Waals surface area contributed by atoms with Crippen LogP contribution in [0.4, 0.5) is 5.69 Å². The number of nitrogens with one attached hydrogen (secondary N) is 2. The number of hydrogen-bond donors (Lipinski definition) is 2. The van der Waals surface area contributed by atoms with E-state index in [2.05, 4.69) is 26.2 Å². The fraction of sp³-hybridized carbons (Fsp3) is 0.529. The predicted molar refractivity (Wildman–Crippen MR) is 91.6 cm³/mol. The van der Waals surface area contributed by atoms with Gasteiger partial charge in [0.2, 0.25) is 5.91 Å². The molecule has 0 spiro atoms. The molecule has 2 atom stereocenters. The molecule has 2 aromatic rings. The van der Waals surface area contributed by atoms with Crippen LogP contribution in [0, 0.1) is 5.92 Å². The Kier molecular flexibility index (Phi) is 4.35. The number of nitrogens with zero attached hydrogens (tertiary/aromatic N) is 4. The number of ether oxygens (including phenoxy) is 1. The van der Waals surface area contributed by atoms with Crippen LogP contribution in [0.2, 0.25) is 0 Å². The molecule has 132 valence electrons. The van der Waals surface area contributed by atoms with Gasteiger partial charge in [-0.2, -0.15) is 4.68 Å². The highest BCUT2D eigenvalue weighted by atomic mass is 16.5. The van der Waals surface area contributed by atoms with E-state index in [0.29, 0.717) is 41.5 Å². The topological polar surface area (TPSA) is 94.0 Å². The average Bonchev–Trinajstić information content (AvgIpc) is 3.24. The summed E-state index contributed by atoms with van der Waals surface area (Å²) in [4.78, 5) is 12.5. The molecular formula is C17H22N6O2. The number of piperidine rings is 1. The molecule has 25 heavy (non-hydrogen) atoms. The Bertz CT molecular complexity index is 736. The van der Waals surface area contributed by atoms with Gasteiger partial charge in [0.1, 0.15) is 17.8 Å². The number of carbonyl (C=O) groups excluding carboxylic acids is 1. The number of rotatable bonds is 5. The number of methoxy groups -OCH3 is 1. The molecule has 8 heteroatoms. The van der Waals surface area contributed by atoms with Crippen molar-refractivity contribution in [1.82, 2.24) is 25.5 Å². The van der Waals surface area contributed by atoms with Crippen molar-refractivity contribution in [3.8, 4) is 11.4 Å². The van der Waals surface area contributed by atoms with E-state index in [1.807, 2.05) is 12.1 Å². The first-order valence-corrected chi connectivity index (χ1v) is 8.68. The highest BCUT2D eigenvalue weighted by Gasteiger charge is 2.34. The number of fused-ring (bicyclic) bond motifs is 2. The Morgan fingerprint density at radius 1 is 1.36 bits per heavy atom. The molecule has 0 radical (unpaired) electrons. The smallest absolute Gasteiger partial charge is 0.224 e. The molecule has 0 aliphatic carbocycles. The van der Waals surface area contributed by atoms with Gasteiger partial charge in [-0.3, -0.25) is 4.79 Å². The third kappa shape index (κ3) is 3.48. The molecule has 8 nitrogen and oxygen atoms in total. The van der Waals surface area contributed by atoms with E-state index in [0.717, 1.165) is 12.8 Å². The lowest BCUT2D eigenvalue weighted by Crippen LogP contribution is -2.39. The van der Waals surface area contributed by atoms with Gasteiger partial charge in [-0.05, 0) is 60.2 Å². The molecule has 0 saturated carbocycles. The third-order valence-electron chi connectivity index (χ3n) is 5.10. The summed E-state index contributed by atoms with van der Waals surface area (Å²) < 4.78 is 6.86. The van der Waals surface area contributed by atoms with Crippen LogP contribution in [0.5, 0.6) is 5.75 Å². The Labute approximate surface area is 145 Å². The molecule has 2 bridgehead atoms. The Hall–Kier alpha value is -2.48. The van der Waals surface area contributed by atoms with Crippen LogP contribution in [-0.2, 0) is 4.79 Å². The SMILES string of the molecule is COc1ccc(NC(=O)CC2CC3CCC(C2)N3)cc1-n1cnnn1. The normalized spacial score (nSPS) is 24.9. The molecule has 1 amide bonds. The zero-order valence-corrected chi connectivity index (χ0v) is 14.2. The first kappa shape index (κ1) is 16.0. The van der Waals surface area contributed by atoms with E-state index in [9.17, 15) is 4.79 Å². The monoisotopic (exact) mass is 342 g/mol. The molecule has 2 aliphatic rings. The fourth-order valence-electron chi connectivity index (χ4n) is 4.03. The Morgan fingerprint density at radius 2 is 2.16 bits per heavy atom. The minimum Gasteiger partial charge on any atom is -0.494 e. The summed E-state index contributed by atoms with van der Waals surface area (Å²) in [5.74, 6) is 1.16. The highest BCUT2D eigenvalue weighted by molar-refractivity contribution is 5.91. The zero-order chi connectivity index (χ0) is 17.2. The van der Waals surface area contributed by atoms with Crippen molar-refractivity contribution in [2.75, 3.05) is 12.4 Å². The Balaban J connectivity index is 1.43. The lowest BCUT2D eigenvalue weighted by Gasteiger charge is -2.28. The second-order valence-electron chi connectivity index (χ2n) is 6.87. The summed E-state index contributed by atoms with van der Waals surface area (Å²) in [5, 5.41) is 17.8. The second kappa shape index (κ2) is 6.79. The van der Waals surface area contributed by atoms with Crippen molar-refractivity contribution >= 4 is 11.6 Å². The number of aromatic nitrogens is 4. The predicted octanol–water partition coefficient (Wildman–Crippen LogP) is 1.53. The molecule has 2 unspecified atom stereocenters. The quantitative estimate of drug-likeness (QED) is 0.856. The van der Waals surface area contributed by atoms with Gasteiger partial charge in [0.25, 0.3) is 0 Å². The van der Waals surface area contributed by atoms with E-state index in [1.54, 1.807) is 13.2 Å². The van der Waals surface area contributed by atoms with Crippen molar-refractivity contribution in [2.45, 2.75) is 44.2 Å². The minimum atomic E-state index is 0.0548. The summed E-state index contributed by atoms with van der Waals surface area (Å²) in [6.07, 6.45) is 6.76. The number of hydrogen-bond acceptors (Lipinski definition) is 6. The van der Waals surface area contributed by atoms with Crippen LogP contribution in [0.25, 0.3) is 5.69 Å². The molecule has 2 N–H and O–H groups in total. The van der Waals surface area contributed by atoms with Crippen LogP contribution in [-0.4, -0.2) is 45.3 Å². The lowest BCUT2D eigenvalue weighted by atomic mass is 9.89. The van der Waals surface area contributed by atoms with Crippen LogP contribution in [0.3, 0.4) is 0 Å². The lowest BCUT2D eigenvalue weighted by molar-refractivity contribution is -0.117. The molecule has 3 heterocycles. The van der Waals surface area contributed by atoms with Gasteiger partial charge >= 0.3 is 0 Å². The highest BCUT2D eigenvalue weighted by Crippen LogP contribution is 2.33. The van der Waals surface area contributed by atoms with Crippen molar-refractivity contribution in [3.63, 3.8) is 0 Å². The number of amides is 1. The number of benzene rings is 1. The number of anilines is 1. The van der Waals surface area contributed by atoms with E-state index >= 15 is 0 Å².